The number of nitrogens with zero attached hydrogens (tertiary/aromatic N) is 3. The van der Waals surface area contributed by atoms with Crippen molar-refractivity contribution in [3.05, 3.63) is 54.3 Å². The normalized spacial score (nSPS) is 12.9. The molecule has 0 saturated carbocycles. The third-order valence-corrected chi connectivity index (χ3v) is 4.73. The first kappa shape index (κ1) is 12.7. The Kier molecular flexibility index (Phi) is 2.65. The molecular weight excluding hydrogens is 310 g/mol. The van der Waals surface area contributed by atoms with Crippen LogP contribution in [0.3, 0.4) is 0 Å². The van der Waals surface area contributed by atoms with E-state index in [1.807, 2.05) is 42.0 Å². The lowest BCUT2D eigenvalue weighted by Crippen LogP contribution is -1.93. The van der Waals surface area contributed by atoms with Crippen molar-refractivity contribution >= 4 is 17.0 Å². The predicted molar refractivity (Wildman–Crippen MR) is 87.9 cm³/mol. The van der Waals surface area contributed by atoms with Gasteiger partial charge in [-0.3, -0.25) is 4.40 Å². The lowest BCUT2D eigenvalue weighted by atomic mass is 10.1. The highest BCUT2D eigenvalue weighted by Gasteiger charge is 2.16. The predicted octanol–water partition coefficient (Wildman–Crippen LogP) is 3.85. The van der Waals surface area contributed by atoms with Gasteiger partial charge in [0.2, 0.25) is 6.79 Å². The summed E-state index contributed by atoms with van der Waals surface area (Å²) in [6.45, 7) is 0.276. The Labute approximate surface area is 135 Å². The molecule has 0 aliphatic carbocycles. The highest BCUT2D eigenvalue weighted by atomic mass is 32.1. The molecule has 1 aromatic carbocycles. The van der Waals surface area contributed by atoms with Gasteiger partial charge < -0.3 is 9.47 Å². The molecule has 0 bridgehead atoms. The molecule has 0 amide bonds. The molecule has 0 atom stereocenters. The maximum absolute atomic E-state index is 5.47. The fourth-order valence-electron chi connectivity index (χ4n) is 2.71. The van der Waals surface area contributed by atoms with Crippen LogP contribution >= 0.6 is 11.3 Å². The molecular formula is C17H11N3O2S. The monoisotopic (exact) mass is 321 g/mol. The number of hydrogen-bond donors (Lipinski definition) is 0. The van der Waals surface area contributed by atoms with E-state index in [1.165, 1.54) is 0 Å². The summed E-state index contributed by atoms with van der Waals surface area (Å²) in [7, 11) is 0. The van der Waals surface area contributed by atoms with Crippen LogP contribution in [0.25, 0.3) is 27.5 Å². The van der Waals surface area contributed by atoms with Gasteiger partial charge in [-0.25, -0.2) is 9.97 Å². The standard InChI is InChI=1S/C17H11N3O2S/c1-2-16(23-5-1)12-9-20-13(7-19-17(20)8-18-12)11-3-4-14-15(6-11)22-10-21-14/h1-9H,10H2. The van der Waals surface area contributed by atoms with Crippen molar-refractivity contribution in [2.75, 3.05) is 6.79 Å². The van der Waals surface area contributed by atoms with Crippen LogP contribution in [0.2, 0.25) is 0 Å². The second-order valence-corrected chi connectivity index (χ2v) is 6.14. The molecule has 0 N–H and O–H groups in total. The molecule has 0 unspecified atom stereocenters. The van der Waals surface area contributed by atoms with E-state index in [4.69, 9.17) is 9.47 Å². The molecule has 1 aliphatic rings. The Balaban J connectivity index is 1.68. The van der Waals surface area contributed by atoms with E-state index in [9.17, 15) is 0 Å². The van der Waals surface area contributed by atoms with Crippen LogP contribution in [0.1, 0.15) is 0 Å². The summed E-state index contributed by atoms with van der Waals surface area (Å²) in [5, 5.41) is 2.05. The molecule has 0 fully saturated rings. The molecule has 6 heteroatoms. The number of fused-ring (bicyclic) bond motifs is 2. The minimum atomic E-state index is 0.276. The van der Waals surface area contributed by atoms with E-state index < -0.39 is 0 Å². The van der Waals surface area contributed by atoms with Crippen LogP contribution in [-0.4, -0.2) is 21.2 Å². The maximum atomic E-state index is 5.47. The summed E-state index contributed by atoms with van der Waals surface area (Å²) in [6, 6.07) is 10.0. The van der Waals surface area contributed by atoms with Crippen LogP contribution < -0.4 is 9.47 Å². The summed E-state index contributed by atoms with van der Waals surface area (Å²) >= 11 is 1.67. The van der Waals surface area contributed by atoms with Gasteiger partial charge in [0.1, 0.15) is 0 Å². The first-order chi connectivity index (χ1) is 11.4. The molecule has 0 radical (unpaired) electrons. The molecule has 112 valence electrons. The highest BCUT2D eigenvalue weighted by molar-refractivity contribution is 7.13. The summed E-state index contributed by atoms with van der Waals surface area (Å²) in [4.78, 5) is 10.1. The molecule has 4 aromatic rings. The first-order valence-electron chi connectivity index (χ1n) is 7.15. The number of thiophene rings is 1. The van der Waals surface area contributed by atoms with Crippen LogP contribution in [-0.2, 0) is 0 Å². The zero-order valence-corrected chi connectivity index (χ0v) is 12.8. The van der Waals surface area contributed by atoms with Crippen molar-refractivity contribution < 1.29 is 9.47 Å². The Morgan fingerprint density at radius 2 is 2.00 bits per heavy atom. The molecule has 0 saturated heterocycles. The zero-order chi connectivity index (χ0) is 15.2. The van der Waals surface area contributed by atoms with E-state index in [0.717, 1.165) is 39.0 Å². The molecule has 5 nitrogen and oxygen atoms in total. The minimum Gasteiger partial charge on any atom is -0.454 e. The minimum absolute atomic E-state index is 0.276. The SMILES string of the molecule is c1csc(-c2cn3c(-c4ccc5c(c4)OCO5)cnc3cn2)c1. The summed E-state index contributed by atoms with van der Waals surface area (Å²) < 4.78 is 12.9. The zero-order valence-electron chi connectivity index (χ0n) is 12.0. The number of imidazole rings is 1. The number of benzene rings is 1. The second kappa shape index (κ2) is 4.82. The van der Waals surface area contributed by atoms with Gasteiger partial charge in [-0.2, -0.15) is 0 Å². The first-order valence-corrected chi connectivity index (χ1v) is 8.03. The number of hydrogen-bond acceptors (Lipinski definition) is 5. The van der Waals surface area contributed by atoms with Gasteiger partial charge >= 0.3 is 0 Å². The van der Waals surface area contributed by atoms with Crippen molar-refractivity contribution in [2.45, 2.75) is 0 Å². The molecule has 23 heavy (non-hydrogen) atoms. The van der Waals surface area contributed by atoms with Gasteiger partial charge in [0, 0.05) is 11.8 Å². The fourth-order valence-corrected chi connectivity index (χ4v) is 3.40. The Hall–Kier alpha value is -2.86. The van der Waals surface area contributed by atoms with Crippen LogP contribution in [0.15, 0.2) is 54.3 Å². The third kappa shape index (κ3) is 1.99. The van der Waals surface area contributed by atoms with Crippen LogP contribution in [0.5, 0.6) is 11.5 Å². The van der Waals surface area contributed by atoms with E-state index in [2.05, 4.69) is 20.4 Å². The summed E-state index contributed by atoms with van der Waals surface area (Å²) in [5.74, 6) is 1.55. The van der Waals surface area contributed by atoms with Gasteiger partial charge in [-0.15, -0.1) is 11.3 Å². The topological polar surface area (TPSA) is 48.7 Å². The van der Waals surface area contributed by atoms with Crippen molar-refractivity contribution in [3.8, 4) is 33.3 Å². The molecule has 5 rings (SSSR count). The van der Waals surface area contributed by atoms with E-state index in [-0.39, 0.29) is 6.79 Å². The molecule has 1 aliphatic heterocycles. The Bertz CT molecular complexity index is 1010. The van der Waals surface area contributed by atoms with Gasteiger partial charge in [0.25, 0.3) is 0 Å². The summed E-state index contributed by atoms with van der Waals surface area (Å²) in [6.07, 6.45) is 5.67. The smallest absolute Gasteiger partial charge is 0.231 e. The Morgan fingerprint density at radius 1 is 1.04 bits per heavy atom. The van der Waals surface area contributed by atoms with Crippen LogP contribution in [0.4, 0.5) is 0 Å². The highest BCUT2D eigenvalue weighted by Crippen LogP contribution is 2.36. The average molecular weight is 321 g/mol. The van der Waals surface area contributed by atoms with E-state index in [0.29, 0.717) is 0 Å². The number of rotatable bonds is 2. The van der Waals surface area contributed by atoms with E-state index in [1.54, 1.807) is 17.5 Å². The molecule has 0 spiro atoms. The average Bonchev–Trinajstić information content (AvgIpc) is 3.32. The lowest BCUT2D eigenvalue weighted by Gasteiger charge is -2.05. The van der Waals surface area contributed by atoms with Crippen molar-refractivity contribution in [1.82, 2.24) is 14.4 Å². The van der Waals surface area contributed by atoms with Gasteiger partial charge in [-0.1, -0.05) is 6.07 Å². The van der Waals surface area contributed by atoms with Gasteiger partial charge in [0.15, 0.2) is 17.1 Å². The van der Waals surface area contributed by atoms with Gasteiger partial charge in [-0.05, 0) is 29.6 Å². The quantitative estimate of drug-likeness (QED) is 0.562. The second-order valence-electron chi connectivity index (χ2n) is 5.19. The lowest BCUT2D eigenvalue weighted by molar-refractivity contribution is 0.174. The number of ether oxygens (including phenoxy) is 2. The third-order valence-electron chi connectivity index (χ3n) is 3.84. The fraction of sp³-hybridized carbons (Fsp3) is 0.0588. The van der Waals surface area contributed by atoms with Crippen molar-refractivity contribution in [1.29, 1.82) is 0 Å². The van der Waals surface area contributed by atoms with Crippen molar-refractivity contribution in [3.63, 3.8) is 0 Å². The maximum Gasteiger partial charge on any atom is 0.231 e. The van der Waals surface area contributed by atoms with E-state index >= 15 is 0 Å². The van der Waals surface area contributed by atoms with Crippen LogP contribution in [0, 0.1) is 0 Å². The summed E-state index contributed by atoms with van der Waals surface area (Å²) in [5.41, 5.74) is 3.79. The largest absolute Gasteiger partial charge is 0.454 e. The number of aromatic nitrogens is 3. The molecule has 4 heterocycles. The Morgan fingerprint density at radius 3 is 2.91 bits per heavy atom. The van der Waals surface area contributed by atoms with Gasteiger partial charge in [0.05, 0.1) is 28.7 Å². The van der Waals surface area contributed by atoms with Crippen molar-refractivity contribution in [2.24, 2.45) is 0 Å². The molecule has 3 aromatic heterocycles.